The summed E-state index contributed by atoms with van der Waals surface area (Å²) in [5.41, 5.74) is 2.83. The number of ether oxygens (including phenoxy) is 2. The van der Waals surface area contributed by atoms with Gasteiger partial charge in [-0.3, -0.25) is 4.90 Å². The lowest BCUT2D eigenvalue weighted by Gasteiger charge is -2.35. The molecule has 210 valence electrons. The molecule has 1 N–H and O–H groups in total. The molecule has 8 nitrogen and oxygen atoms in total. The molecule has 2 aromatic carbocycles. The molecule has 11 heteroatoms. The van der Waals surface area contributed by atoms with Crippen molar-refractivity contribution in [1.82, 2.24) is 29.7 Å². The Labute approximate surface area is 236 Å². The van der Waals surface area contributed by atoms with Crippen LogP contribution in [0.4, 0.5) is 8.78 Å². The zero-order valence-electron chi connectivity index (χ0n) is 22.2. The maximum atomic E-state index is 13.4. The topological polar surface area (TPSA) is 77.3 Å². The fourth-order valence-corrected chi connectivity index (χ4v) is 5.22. The Morgan fingerprint density at radius 2 is 1.98 bits per heavy atom. The Kier molecular flexibility index (Phi) is 7.57. The highest BCUT2D eigenvalue weighted by Gasteiger charge is 2.41. The van der Waals surface area contributed by atoms with E-state index in [2.05, 4.69) is 34.3 Å². The van der Waals surface area contributed by atoms with Gasteiger partial charge in [0.15, 0.2) is 11.2 Å². The van der Waals surface area contributed by atoms with Crippen molar-refractivity contribution in [2.75, 3.05) is 32.8 Å². The number of fused-ring (bicyclic) bond motifs is 1. The second kappa shape index (κ2) is 11.3. The number of piperazine rings is 1. The first-order valence-electron chi connectivity index (χ1n) is 13.5. The van der Waals surface area contributed by atoms with Gasteiger partial charge in [0, 0.05) is 31.7 Å². The molecule has 1 saturated heterocycles. The van der Waals surface area contributed by atoms with Crippen LogP contribution < -0.4 is 14.8 Å². The number of aromatic nitrogens is 4. The number of halogens is 3. The van der Waals surface area contributed by atoms with Crippen molar-refractivity contribution in [1.29, 1.82) is 0 Å². The SMILES string of the molecule is CC1(Oc2ncnc3c2nc(-c2ccc(OCCN4CCNC[C@@H]4C(F)F)cc2Cl)n3Cc2ccccc2)CC1. The van der Waals surface area contributed by atoms with Gasteiger partial charge in [-0.05, 0) is 43.5 Å². The van der Waals surface area contributed by atoms with Crippen LogP contribution in [0.15, 0.2) is 54.9 Å². The van der Waals surface area contributed by atoms with Crippen LogP contribution in [0, 0.1) is 0 Å². The number of hydrogen-bond acceptors (Lipinski definition) is 7. The maximum absolute atomic E-state index is 13.4. The standard InChI is InChI=1S/C29H31ClF2N6O2/c1-29(9-10-29)40-28-24-27(34-18-35-28)38(17-19-5-3-2-4-6-19)26(36-24)21-8-7-20(15-22(21)30)39-14-13-37-12-11-33-16-23(37)25(31)32/h2-8,15,18,23,25,33H,9-14,16-17H2,1H3/t23-/m1/s1. The summed E-state index contributed by atoms with van der Waals surface area (Å²) >= 11 is 6.80. The van der Waals surface area contributed by atoms with Crippen LogP contribution in [0.25, 0.3) is 22.6 Å². The van der Waals surface area contributed by atoms with Crippen LogP contribution >= 0.6 is 11.6 Å². The fourth-order valence-electron chi connectivity index (χ4n) is 4.96. The Hall–Kier alpha value is -3.34. The quantitative estimate of drug-likeness (QED) is 0.287. The number of alkyl halides is 2. The highest BCUT2D eigenvalue weighted by Crippen LogP contribution is 2.41. The number of imidazole rings is 1. The summed E-state index contributed by atoms with van der Waals surface area (Å²) < 4.78 is 40.9. The van der Waals surface area contributed by atoms with Gasteiger partial charge in [-0.15, -0.1) is 0 Å². The second-order valence-electron chi connectivity index (χ2n) is 10.5. The minimum atomic E-state index is -2.40. The first-order valence-corrected chi connectivity index (χ1v) is 13.9. The van der Waals surface area contributed by atoms with Crippen LogP contribution in [-0.2, 0) is 6.54 Å². The van der Waals surface area contributed by atoms with Crippen molar-refractivity contribution in [2.45, 2.75) is 44.4 Å². The van der Waals surface area contributed by atoms with E-state index in [9.17, 15) is 8.78 Å². The summed E-state index contributed by atoms with van der Waals surface area (Å²) in [6.07, 6.45) is 1.05. The van der Waals surface area contributed by atoms with Crippen molar-refractivity contribution < 1.29 is 18.3 Å². The van der Waals surface area contributed by atoms with E-state index < -0.39 is 12.5 Å². The Morgan fingerprint density at radius 3 is 2.73 bits per heavy atom. The molecule has 0 spiro atoms. The molecule has 1 aliphatic carbocycles. The molecule has 1 aliphatic heterocycles. The summed E-state index contributed by atoms with van der Waals surface area (Å²) in [7, 11) is 0. The molecule has 1 atom stereocenters. The Morgan fingerprint density at radius 1 is 1.15 bits per heavy atom. The van der Waals surface area contributed by atoms with Gasteiger partial charge in [-0.25, -0.2) is 18.7 Å². The van der Waals surface area contributed by atoms with Crippen LogP contribution in [0.5, 0.6) is 11.6 Å². The normalized spacial score (nSPS) is 18.8. The molecule has 0 unspecified atom stereocenters. The predicted molar refractivity (Wildman–Crippen MR) is 149 cm³/mol. The molecule has 2 aliphatic rings. The fraction of sp³-hybridized carbons (Fsp3) is 0.414. The van der Waals surface area contributed by atoms with E-state index in [4.69, 9.17) is 26.1 Å². The number of rotatable bonds is 10. The summed E-state index contributed by atoms with van der Waals surface area (Å²) in [5.74, 6) is 1.67. The van der Waals surface area contributed by atoms with Crippen molar-refractivity contribution in [3.05, 3.63) is 65.4 Å². The van der Waals surface area contributed by atoms with Crippen molar-refractivity contribution in [3.8, 4) is 23.0 Å². The van der Waals surface area contributed by atoms with Gasteiger partial charge in [0.1, 0.15) is 30.1 Å². The van der Waals surface area contributed by atoms with Gasteiger partial charge >= 0.3 is 0 Å². The van der Waals surface area contributed by atoms with Crippen LogP contribution in [0.2, 0.25) is 5.02 Å². The van der Waals surface area contributed by atoms with Gasteiger partial charge in [-0.2, -0.15) is 4.98 Å². The van der Waals surface area contributed by atoms with Crippen LogP contribution in [0.1, 0.15) is 25.3 Å². The second-order valence-corrected chi connectivity index (χ2v) is 10.9. The van der Waals surface area contributed by atoms with E-state index in [0.29, 0.717) is 65.4 Å². The average Bonchev–Trinajstić information content (AvgIpc) is 3.57. The highest BCUT2D eigenvalue weighted by atomic mass is 35.5. The van der Waals surface area contributed by atoms with E-state index in [0.717, 1.165) is 18.4 Å². The van der Waals surface area contributed by atoms with E-state index >= 15 is 0 Å². The third-order valence-electron chi connectivity index (χ3n) is 7.50. The average molecular weight is 569 g/mol. The van der Waals surface area contributed by atoms with Gasteiger partial charge < -0.3 is 19.4 Å². The smallest absolute Gasteiger partial charge is 0.255 e. The number of benzene rings is 2. The Balaban J connectivity index is 1.27. The molecule has 0 radical (unpaired) electrons. The molecular formula is C29H31ClF2N6O2. The highest BCUT2D eigenvalue weighted by molar-refractivity contribution is 6.33. The molecule has 2 aromatic heterocycles. The number of hydrogen-bond donors (Lipinski definition) is 1. The summed E-state index contributed by atoms with van der Waals surface area (Å²) in [4.78, 5) is 15.7. The van der Waals surface area contributed by atoms with E-state index in [-0.39, 0.29) is 18.8 Å². The van der Waals surface area contributed by atoms with Gasteiger partial charge in [-0.1, -0.05) is 41.9 Å². The largest absolute Gasteiger partial charge is 0.492 e. The zero-order valence-corrected chi connectivity index (χ0v) is 23.0. The zero-order chi connectivity index (χ0) is 27.7. The predicted octanol–water partition coefficient (Wildman–Crippen LogP) is 5.04. The molecule has 6 rings (SSSR count). The third-order valence-corrected chi connectivity index (χ3v) is 7.81. The lowest BCUT2D eigenvalue weighted by molar-refractivity contribution is 0.00711. The molecule has 40 heavy (non-hydrogen) atoms. The molecule has 3 heterocycles. The van der Waals surface area contributed by atoms with E-state index in [1.54, 1.807) is 11.0 Å². The monoisotopic (exact) mass is 568 g/mol. The lowest BCUT2D eigenvalue weighted by atomic mass is 10.2. The van der Waals surface area contributed by atoms with Gasteiger partial charge in [0.05, 0.1) is 17.6 Å². The van der Waals surface area contributed by atoms with Gasteiger partial charge in [0.2, 0.25) is 5.88 Å². The van der Waals surface area contributed by atoms with Crippen LogP contribution in [-0.4, -0.2) is 75.3 Å². The Bertz CT molecular complexity index is 1480. The number of nitrogens with zero attached hydrogens (tertiary/aromatic N) is 5. The minimum absolute atomic E-state index is 0.221. The van der Waals surface area contributed by atoms with Gasteiger partial charge in [0.25, 0.3) is 6.43 Å². The molecule has 2 fully saturated rings. The van der Waals surface area contributed by atoms with Crippen LogP contribution in [0.3, 0.4) is 0 Å². The van der Waals surface area contributed by atoms with E-state index in [1.165, 1.54) is 6.33 Å². The third kappa shape index (κ3) is 5.75. The molecular weight excluding hydrogens is 538 g/mol. The van der Waals surface area contributed by atoms with Crippen molar-refractivity contribution in [2.24, 2.45) is 0 Å². The van der Waals surface area contributed by atoms with E-state index in [1.807, 2.05) is 34.9 Å². The molecule has 4 aromatic rings. The molecule has 0 amide bonds. The minimum Gasteiger partial charge on any atom is -0.492 e. The lowest BCUT2D eigenvalue weighted by Crippen LogP contribution is -2.55. The summed E-state index contributed by atoms with van der Waals surface area (Å²) in [6.45, 7) is 4.80. The summed E-state index contributed by atoms with van der Waals surface area (Å²) in [5, 5.41) is 3.48. The molecule has 0 bridgehead atoms. The number of nitrogens with one attached hydrogen (secondary N) is 1. The summed E-state index contributed by atoms with van der Waals surface area (Å²) in [6, 6.07) is 14.7. The van der Waals surface area contributed by atoms with Crippen molar-refractivity contribution >= 4 is 22.8 Å². The molecule has 1 saturated carbocycles. The first-order chi connectivity index (χ1) is 19.4. The maximum Gasteiger partial charge on any atom is 0.255 e. The van der Waals surface area contributed by atoms with Crippen molar-refractivity contribution in [3.63, 3.8) is 0 Å². The first kappa shape index (κ1) is 26.9.